The number of nitrogens with two attached hydrogens (primary N) is 1. The Morgan fingerprint density at radius 3 is 2.83 bits per heavy atom. The lowest BCUT2D eigenvalue weighted by atomic mass is 10.2. The van der Waals surface area contributed by atoms with Crippen LogP contribution in [0.3, 0.4) is 0 Å². The van der Waals surface area contributed by atoms with Crippen molar-refractivity contribution in [2.45, 2.75) is 33.2 Å². The Labute approximate surface area is 111 Å². The van der Waals surface area contributed by atoms with E-state index in [-0.39, 0.29) is 5.56 Å². The fraction of sp³-hybridized carbons (Fsp3) is 0.615. The number of aromatic nitrogens is 1. The van der Waals surface area contributed by atoms with E-state index in [1.807, 2.05) is 0 Å². The van der Waals surface area contributed by atoms with Crippen molar-refractivity contribution in [2.75, 3.05) is 17.2 Å². The molecule has 0 saturated carbocycles. The predicted octanol–water partition coefficient (Wildman–Crippen LogP) is 1.62. The third kappa shape index (κ3) is 5.04. The van der Waals surface area contributed by atoms with Crippen LogP contribution in [0.15, 0.2) is 23.1 Å². The van der Waals surface area contributed by atoms with Gasteiger partial charge in [-0.1, -0.05) is 20.3 Å². The molecule has 1 aromatic heterocycles. The van der Waals surface area contributed by atoms with E-state index in [1.165, 1.54) is 6.07 Å². The zero-order valence-corrected chi connectivity index (χ0v) is 11.9. The minimum absolute atomic E-state index is 0.0584. The second-order valence-corrected chi connectivity index (χ2v) is 6.29. The molecule has 1 heterocycles. The molecular weight excluding hydrogens is 248 g/mol. The Bertz CT molecular complexity index is 457. The molecule has 0 aliphatic heterocycles. The quantitative estimate of drug-likeness (QED) is 0.818. The van der Waals surface area contributed by atoms with E-state index >= 15 is 0 Å². The summed E-state index contributed by atoms with van der Waals surface area (Å²) in [5.74, 6) is 1.90. The van der Waals surface area contributed by atoms with Crippen LogP contribution in [0.1, 0.15) is 26.7 Å². The largest absolute Gasteiger partial charge is 0.398 e. The zero-order chi connectivity index (χ0) is 13.5. The van der Waals surface area contributed by atoms with E-state index < -0.39 is 10.8 Å². The fourth-order valence-electron chi connectivity index (χ4n) is 1.64. The first-order valence-corrected chi connectivity index (χ1v) is 7.82. The molecule has 1 rings (SSSR count). The summed E-state index contributed by atoms with van der Waals surface area (Å²) in [7, 11) is -0.782. The van der Waals surface area contributed by atoms with Crippen molar-refractivity contribution in [3.63, 3.8) is 0 Å². The summed E-state index contributed by atoms with van der Waals surface area (Å²) >= 11 is 0. The number of rotatable bonds is 7. The Hall–Kier alpha value is -1.10. The molecule has 0 radical (unpaired) electrons. The Morgan fingerprint density at radius 1 is 1.44 bits per heavy atom. The van der Waals surface area contributed by atoms with Gasteiger partial charge in [0.1, 0.15) is 0 Å². The number of nitrogen functional groups attached to an aromatic ring is 1. The minimum atomic E-state index is -0.782. The van der Waals surface area contributed by atoms with Gasteiger partial charge >= 0.3 is 0 Å². The molecular formula is C13H22N2O2S. The molecule has 2 unspecified atom stereocenters. The first kappa shape index (κ1) is 15.0. The average Bonchev–Trinajstić information content (AvgIpc) is 2.33. The highest BCUT2D eigenvalue weighted by atomic mass is 32.2. The van der Waals surface area contributed by atoms with Gasteiger partial charge in [0.15, 0.2) is 0 Å². The molecule has 4 nitrogen and oxygen atoms in total. The summed E-state index contributed by atoms with van der Waals surface area (Å²) in [4.78, 5) is 11.5. The maximum atomic E-state index is 11.8. The number of hydrogen-bond donors (Lipinski definition) is 1. The highest BCUT2D eigenvalue weighted by molar-refractivity contribution is 7.84. The molecule has 0 saturated heterocycles. The maximum absolute atomic E-state index is 11.8. The van der Waals surface area contributed by atoms with Gasteiger partial charge in [0.2, 0.25) is 0 Å². The molecule has 18 heavy (non-hydrogen) atoms. The second-order valence-electron chi connectivity index (χ2n) is 4.67. The molecule has 0 amide bonds. The van der Waals surface area contributed by atoms with Gasteiger partial charge < -0.3 is 10.3 Å². The third-order valence-corrected chi connectivity index (χ3v) is 4.63. The van der Waals surface area contributed by atoms with Gasteiger partial charge in [0, 0.05) is 46.8 Å². The maximum Gasteiger partial charge on any atom is 0.250 e. The van der Waals surface area contributed by atoms with Crippen molar-refractivity contribution in [3.05, 3.63) is 28.7 Å². The van der Waals surface area contributed by atoms with Crippen LogP contribution in [-0.4, -0.2) is 20.3 Å². The van der Waals surface area contributed by atoms with Gasteiger partial charge in [-0.2, -0.15) is 0 Å². The number of anilines is 1. The smallest absolute Gasteiger partial charge is 0.250 e. The van der Waals surface area contributed by atoms with Crippen LogP contribution in [0.5, 0.6) is 0 Å². The Balaban J connectivity index is 2.40. The summed E-state index contributed by atoms with van der Waals surface area (Å²) in [6.07, 6.45) is 3.44. The lowest BCUT2D eigenvalue weighted by molar-refractivity contribution is 0.608. The van der Waals surface area contributed by atoms with Gasteiger partial charge in [0.25, 0.3) is 5.56 Å². The molecule has 0 bridgehead atoms. The van der Waals surface area contributed by atoms with E-state index in [9.17, 15) is 9.00 Å². The van der Waals surface area contributed by atoms with Gasteiger partial charge in [-0.25, -0.2) is 0 Å². The van der Waals surface area contributed by atoms with E-state index in [1.54, 1.807) is 16.8 Å². The highest BCUT2D eigenvalue weighted by Gasteiger charge is 2.06. The predicted molar refractivity (Wildman–Crippen MR) is 77.1 cm³/mol. The van der Waals surface area contributed by atoms with Gasteiger partial charge in [-0.05, 0) is 18.4 Å². The van der Waals surface area contributed by atoms with E-state index in [0.29, 0.717) is 23.9 Å². The van der Waals surface area contributed by atoms with Crippen molar-refractivity contribution in [2.24, 2.45) is 5.92 Å². The zero-order valence-electron chi connectivity index (χ0n) is 11.1. The monoisotopic (exact) mass is 270 g/mol. The lowest BCUT2D eigenvalue weighted by Crippen LogP contribution is -2.20. The summed E-state index contributed by atoms with van der Waals surface area (Å²) < 4.78 is 13.3. The summed E-state index contributed by atoms with van der Waals surface area (Å²) in [6.45, 7) is 4.80. The summed E-state index contributed by atoms with van der Waals surface area (Å²) in [5.41, 5.74) is 6.14. The topological polar surface area (TPSA) is 65.1 Å². The van der Waals surface area contributed by atoms with Gasteiger partial charge in [0.05, 0.1) is 0 Å². The normalized spacial score (nSPS) is 14.3. The molecule has 0 aliphatic carbocycles. The second kappa shape index (κ2) is 7.36. The van der Waals surface area contributed by atoms with Crippen molar-refractivity contribution in [3.8, 4) is 0 Å². The van der Waals surface area contributed by atoms with Crippen LogP contribution in [0, 0.1) is 5.92 Å². The third-order valence-electron chi connectivity index (χ3n) is 2.94. The van der Waals surface area contributed by atoms with Crippen LogP contribution < -0.4 is 11.3 Å². The standard InChI is InChI=1S/C13H22N2O2S/c1-3-11(2)10-18(17)8-4-7-15-9-12(14)5-6-13(15)16/h5-6,9,11H,3-4,7-8,10,14H2,1-2H3. The average molecular weight is 270 g/mol. The van der Waals surface area contributed by atoms with Crippen molar-refractivity contribution in [1.82, 2.24) is 4.57 Å². The van der Waals surface area contributed by atoms with E-state index in [2.05, 4.69) is 13.8 Å². The van der Waals surface area contributed by atoms with Crippen LogP contribution in [0.4, 0.5) is 5.69 Å². The molecule has 2 atom stereocenters. The van der Waals surface area contributed by atoms with Crippen molar-refractivity contribution >= 4 is 16.5 Å². The number of aryl methyl sites for hydroxylation is 1. The van der Waals surface area contributed by atoms with Crippen molar-refractivity contribution in [1.29, 1.82) is 0 Å². The van der Waals surface area contributed by atoms with Crippen LogP contribution >= 0.6 is 0 Å². The van der Waals surface area contributed by atoms with Crippen LogP contribution in [0.2, 0.25) is 0 Å². The highest BCUT2D eigenvalue weighted by Crippen LogP contribution is 2.04. The summed E-state index contributed by atoms with van der Waals surface area (Å²) in [6, 6.07) is 3.06. The van der Waals surface area contributed by atoms with Crippen LogP contribution in [-0.2, 0) is 17.3 Å². The first-order chi connectivity index (χ1) is 8.52. The molecule has 0 aromatic carbocycles. The first-order valence-electron chi connectivity index (χ1n) is 6.34. The van der Waals surface area contributed by atoms with Crippen molar-refractivity contribution < 1.29 is 4.21 Å². The van der Waals surface area contributed by atoms with Gasteiger partial charge in [-0.15, -0.1) is 0 Å². The summed E-state index contributed by atoms with van der Waals surface area (Å²) in [5, 5.41) is 0. The molecule has 102 valence electrons. The SMILES string of the molecule is CCC(C)CS(=O)CCCn1cc(N)ccc1=O. The number of nitrogens with zero attached hydrogens (tertiary/aromatic N) is 1. The molecule has 5 heteroatoms. The Morgan fingerprint density at radius 2 is 2.17 bits per heavy atom. The molecule has 1 aromatic rings. The molecule has 0 spiro atoms. The van der Waals surface area contributed by atoms with Gasteiger partial charge in [-0.3, -0.25) is 9.00 Å². The number of hydrogen-bond acceptors (Lipinski definition) is 3. The van der Waals surface area contributed by atoms with E-state index in [0.717, 1.165) is 18.6 Å². The minimum Gasteiger partial charge on any atom is -0.398 e. The van der Waals surface area contributed by atoms with Crippen LogP contribution in [0.25, 0.3) is 0 Å². The lowest BCUT2D eigenvalue weighted by Gasteiger charge is -2.09. The molecule has 0 aliphatic rings. The molecule has 2 N–H and O–H groups in total. The molecule has 0 fully saturated rings. The fourth-order valence-corrected chi connectivity index (χ4v) is 3.13. The van der Waals surface area contributed by atoms with E-state index in [4.69, 9.17) is 5.73 Å². The number of pyridine rings is 1. The Kier molecular flexibility index (Phi) is 6.12.